The van der Waals surface area contributed by atoms with Gasteiger partial charge in [0.2, 0.25) is 0 Å². The zero-order chi connectivity index (χ0) is 19.0. The molecule has 0 spiro atoms. The molecule has 2 rings (SSSR count). The predicted octanol–water partition coefficient (Wildman–Crippen LogP) is 2.60. The average molecular weight is 359 g/mol. The molecule has 0 fully saturated rings. The van der Waals surface area contributed by atoms with Crippen molar-refractivity contribution in [2.75, 3.05) is 26.7 Å². The summed E-state index contributed by atoms with van der Waals surface area (Å²) in [6.07, 6.45) is 0.808. The largest absolute Gasteiger partial charge is 0.496 e. The van der Waals surface area contributed by atoms with Gasteiger partial charge in [0, 0.05) is 13.1 Å². The lowest BCUT2D eigenvalue weighted by Gasteiger charge is -2.20. The number of hydrogen-bond acceptors (Lipinski definition) is 4. The fraction of sp³-hybridized carbons (Fsp3) is 0.450. The van der Waals surface area contributed by atoms with Crippen LogP contribution in [-0.2, 0) is 12.0 Å². The second-order valence-electron chi connectivity index (χ2n) is 6.37. The van der Waals surface area contributed by atoms with E-state index in [1.54, 1.807) is 20.1 Å². The average Bonchev–Trinajstić information content (AvgIpc) is 3.07. The van der Waals surface area contributed by atoms with Crippen LogP contribution in [0.2, 0.25) is 0 Å². The number of aliphatic hydroxyl groups is 1. The van der Waals surface area contributed by atoms with Crippen LogP contribution in [0.5, 0.6) is 5.75 Å². The van der Waals surface area contributed by atoms with Crippen molar-refractivity contribution >= 4 is 5.96 Å². The van der Waals surface area contributed by atoms with Crippen molar-refractivity contribution in [2.45, 2.75) is 32.8 Å². The molecule has 0 saturated carbocycles. The van der Waals surface area contributed by atoms with E-state index in [0.29, 0.717) is 18.3 Å². The van der Waals surface area contributed by atoms with Gasteiger partial charge >= 0.3 is 0 Å². The number of rotatable bonds is 8. The summed E-state index contributed by atoms with van der Waals surface area (Å²) in [4.78, 5) is 4.50. The number of aryl methyl sites for hydroxylation is 1. The topological polar surface area (TPSA) is 79.0 Å². The highest BCUT2D eigenvalue weighted by Gasteiger charge is 2.26. The second kappa shape index (κ2) is 9.29. The van der Waals surface area contributed by atoms with Crippen molar-refractivity contribution in [2.24, 2.45) is 4.99 Å². The quantitative estimate of drug-likeness (QED) is 0.499. The molecule has 6 heteroatoms. The van der Waals surface area contributed by atoms with Gasteiger partial charge in [-0.05, 0) is 51.0 Å². The van der Waals surface area contributed by atoms with Gasteiger partial charge in [0.25, 0.3) is 0 Å². The van der Waals surface area contributed by atoms with E-state index in [0.717, 1.165) is 30.0 Å². The molecule has 0 radical (unpaired) electrons. The van der Waals surface area contributed by atoms with Crippen molar-refractivity contribution in [1.82, 2.24) is 10.6 Å². The van der Waals surface area contributed by atoms with E-state index in [2.05, 4.69) is 21.7 Å². The highest BCUT2D eigenvalue weighted by Crippen LogP contribution is 2.23. The number of methoxy groups -OCH3 is 1. The lowest BCUT2D eigenvalue weighted by molar-refractivity contribution is 0.0428. The standard InChI is InChI=1S/C20H29N3O3/c1-5-21-19(22-13-12-16-8-6-7-9-17(16)25-4)23-14-20(3,24)18-11-10-15(2)26-18/h6-11,24H,5,12-14H2,1-4H3,(H2,21,22,23). The fourth-order valence-corrected chi connectivity index (χ4v) is 2.60. The van der Waals surface area contributed by atoms with Crippen LogP contribution in [0.25, 0.3) is 0 Å². The summed E-state index contributed by atoms with van der Waals surface area (Å²) >= 11 is 0. The highest BCUT2D eigenvalue weighted by atomic mass is 16.5. The summed E-state index contributed by atoms with van der Waals surface area (Å²) < 4.78 is 10.9. The Kier molecular flexibility index (Phi) is 7.09. The molecule has 0 bridgehead atoms. The first kappa shape index (κ1) is 19.8. The third kappa shape index (κ3) is 5.52. The maximum Gasteiger partial charge on any atom is 0.191 e. The molecule has 6 nitrogen and oxygen atoms in total. The molecule has 1 aromatic heterocycles. The van der Waals surface area contributed by atoms with Crippen molar-refractivity contribution < 1.29 is 14.3 Å². The van der Waals surface area contributed by atoms with E-state index >= 15 is 0 Å². The van der Waals surface area contributed by atoms with Gasteiger partial charge in [0.1, 0.15) is 22.9 Å². The molecule has 1 atom stereocenters. The smallest absolute Gasteiger partial charge is 0.191 e. The lowest BCUT2D eigenvalue weighted by atomic mass is 10.0. The molecule has 0 saturated heterocycles. The van der Waals surface area contributed by atoms with Gasteiger partial charge in [0.05, 0.1) is 13.7 Å². The third-order valence-corrected chi connectivity index (χ3v) is 4.04. The first-order valence-electron chi connectivity index (χ1n) is 8.89. The number of nitrogens with zero attached hydrogens (tertiary/aromatic N) is 1. The summed E-state index contributed by atoms with van der Waals surface area (Å²) in [6.45, 7) is 7.20. The molecule has 0 amide bonds. The van der Waals surface area contributed by atoms with Crippen LogP contribution in [0.4, 0.5) is 0 Å². The number of para-hydroxylation sites is 1. The Balaban J connectivity index is 1.96. The number of ether oxygens (including phenoxy) is 1. The minimum absolute atomic E-state index is 0.198. The van der Waals surface area contributed by atoms with Gasteiger partial charge in [-0.2, -0.15) is 0 Å². The van der Waals surface area contributed by atoms with Crippen molar-refractivity contribution in [3.8, 4) is 5.75 Å². The number of nitrogens with one attached hydrogen (secondary N) is 2. The van der Waals surface area contributed by atoms with E-state index < -0.39 is 5.60 Å². The van der Waals surface area contributed by atoms with E-state index in [1.165, 1.54) is 0 Å². The van der Waals surface area contributed by atoms with Crippen molar-refractivity contribution in [3.05, 3.63) is 53.5 Å². The Morgan fingerprint density at radius 1 is 1.23 bits per heavy atom. The van der Waals surface area contributed by atoms with Gasteiger partial charge < -0.3 is 24.9 Å². The van der Waals surface area contributed by atoms with Crippen molar-refractivity contribution in [1.29, 1.82) is 0 Å². The maximum absolute atomic E-state index is 10.6. The summed E-state index contributed by atoms with van der Waals surface area (Å²) in [6, 6.07) is 11.6. The van der Waals surface area contributed by atoms with Crippen LogP contribution in [0.1, 0.15) is 30.9 Å². The molecule has 2 aromatic rings. The summed E-state index contributed by atoms with van der Waals surface area (Å²) in [5.41, 5.74) is -0.0179. The molecule has 3 N–H and O–H groups in total. The monoisotopic (exact) mass is 359 g/mol. The van der Waals surface area contributed by atoms with Crippen LogP contribution in [0.15, 0.2) is 45.8 Å². The Morgan fingerprint density at radius 2 is 2.00 bits per heavy atom. The second-order valence-corrected chi connectivity index (χ2v) is 6.37. The number of benzene rings is 1. The van der Waals surface area contributed by atoms with Gasteiger partial charge in [-0.15, -0.1) is 0 Å². The number of guanidine groups is 1. The Hall–Kier alpha value is -2.47. The van der Waals surface area contributed by atoms with E-state index in [4.69, 9.17) is 9.15 Å². The minimum Gasteiger partial charge on any atom is -0.496 e. The maximum atomic E-state index is 10.6. The van der Waals surface area contributed by atoms with Crippen LogP contribution >= 0.6 is 0 Å². The molecule has 1 aromatic carbocycles. The third-order valence-electron chi connectivity index (χ3n) is 4.04. The van der Waals surface area contributed by atoms with E-state index in [-0.39, 0.29) is 6.54 Å². The van der Waals surface area contributed by atoms with Crippen LogP contribution in [0.3, 0.4) is 0 Å². The molecule has 0 aliphatic heterocycles. The predicted molar refractivity (Wildman–Crippen MR) is 104 cm³/mol. The van der Waals surface area contributed by atoms with E-state index in [1.807, 2.05) is 38.1 Å². The Morgan fingerprint density at radius 3 is 2.65 bits per heavy atom. The van der Waals surface area contributed by atoms with Crippen LogP contribution in [-0.4, -0.2) is 37.8 Å². The Labute approximate surface area is 155 Å². The molecule has 1 heterocycles. The lowest BCUT2D eigenvalue weighted by Crippen LogP contribution is -2.39. The molecular formula is C20H29N3O3. The minimum atomic E-state index is -1.15. The van der Waals surface area contributed by atoms with Gasteiger partial charge in [-0.25, -0.2) is 4.99 Å². The normalized spacial score (nSPS) is 14.0. The molecular weight excluding hydrogens is 330 g/mol. The summed E-state index contributed by atoms with van der Waals surface area (Å²) in [5, 5.41) is 17.1. The SMILES string of the molecule is CCNC(=NCC(C)(O)c1ccc(C)o1)NCCc1ccccc1OC. The summed E-state index contributed by atoms with van der Waals surface area (Å²) in [5.74, 6) is 2.83. The highest BCUT2D eigenvalue weighted by molar-refractivity contribution is 5.79. The zero-order valence-corrected chi connectivity index (χ0v) is 16.0. The van der Waals surface area contributed by atoms with Gasteiger partial charge in [-0.1, -0.05) is 18.2 Å². The number of aliphatic imine (C=N–C) groups is 1. The first-order chi connectivity index (χ1) is 12.5. The van der Waals surface area contributed by atoms with Gasteiger partial charge in [0.15, 0.2) is 5.96 Å². The van der Waals surface area contributed by atoms with E-state index in [9.17, 15) is 5.11 Å². The molecule has 142 valence electrons. The summed E-state index contributed by atoms with van der Waals surface area (Å²) in [7, 11) is 1.68. The molecule has 0 aliphatic rings. The van der Waals surface area contributed by atoms with Crippen LogP contribution < -0.4 is 15.4 Å². The van der Waals surface area contributed by atoms with Crippen LogP contribution in [0, 0.1) is 6.92 Å². The Bertz CT molecular complexity index is 723. The number of hydrogen-bond donors (Lipinski definition) is 3. The fourth-order valence-electron chi connectivity index (χ4n) is 2.60. The number of furan rings is 1. The van der Waals surface area contributed by atoms with Crippen molar-refractivity contribution in [3.63, 3.8) is 0 Å². The molecule has 0 aliphatic carbocycles. The first-order valence-corrected chi connectivity index (χ1v) is 8.89. The van der Waals surface area contributed by atoms with Gasteiger partial charge in [-0.3, -0.25) is 0 Å². The molecule has 1 unspecified atom stereocenters. The zero-order valence-electron chi connectivity index (χ0n) is 16.0. The molecule has 26 heavy (non-hydrogen) atoms.